The lowest BCUT2D eigenvalue weighted by molar-refractivity contribution is 0.0538. The van der Waals surface area contributed by atoms with Crippen molar-refractivity contribution >= 4 is 41.5 Å². The number of hydrogen-bond acceptors (Lipinski definition) is 19. The van der Waals surface area contributed by atoms with Crippen LogP contribution in [0.1, 0.15) is 217 Å². The molecule has 8 aliphatic rings. The predicted octanol–water partition coefficient (Wildman–Crippen LogP) is 11.3. The molecule has 14 rings (SSSR count). The van der Waals surface area contributed by atoms with E-state index in [0.29, 0.717) is 95.0 Å². The maximum Gasteiger partial charge on any atom is 0.356 e. The Kier molecular flexibility index (Phi) is 30.7. The van der Waals surface area contributed by atoms with Crippen molar-refractivity contribution in [3.05, 3.63) is 100 Å². The maximum absolute atomic E-state index is 13.3. The summed E-state index contributed by atoms with van der Waals surface area (Å²) in [5.41, 5.74) is 8.98. The minimum absolute atomic E-state index is 0. The molecule has 6 aromatic heterocycles. The largest absolute Gasteiger partial charge is 0.476 e. The lowest BCUT2D eigenvalue weighted by Crippen LogP contribution is -2.40. The maximum atomic E-state index is 13.3. The molecule has 6 aliphatic carbocycles. The molecule has 0 bridgehead atoms. The van der Waals surface area contributed by atoms with Crippen LogP contribution < -0.4 is 14.8 Å². The van der Waals surface area contributed by atoms with Gasteiger partial charge in [-0.3, -0.25) is 19.1 Å². The normalized spacial score (nSPS) is 22.4. The van der Waals surface area contributed by atoms with Gasteiger partial charge >= 0.3 is 5.97 Å². The van der Waals surface area contributed by atoms with Crippen LogP contribution in [0.3, 0.4) is 0 Å². The number of piperidine rings is 2. The molecule has 0 spiro atoms. The number of carboxylic acid groups (broad SMARTS) is 1. The van der Waals surface area contributed by atoms with Crippen molar-refractivity contribution in [3.8, 4) is 11.8 Å². The fourth-order valence-electron chi connectivity index (χ4n) is 15.0. The molecule has 2 saturated heterocycles. The Hall–Kier alpha value is -6.92. The Morgan fingerprint density at radius 1 is 0.690 bits per heavy atom. The van der Waals surface area contributed by atoms with Crippen molar-refractivity contribution in [3.63, 3.8) is 0 Å². The van der Waals surface area contributed by atoms with Crippen LogP contribution in [0.25, 0.3) is 11.2 Å². The number of nitrogens with one attached hydrogen (secondary N) is 1. The highest BCUT2D eigenvalue weighted by molar-refractivity contribution is 5.95. The van der Waals surface area contributed by atoms with E-state index in [1.165, 1.54) is 36.2 Å². The summed E-state index contributed by atoms with van der Waals surface area (Å²) in [7, 11) is 4.12. The van der Waals surface area contributed by atoms with Gasteiger partial charge in [0, 0.05) is 97.0 Å². The number of pyridine rings is 3. The summed E-state index contributed by atoms with van der Waals surface area (Å²) >= 11 is 0. The van der Waals surface area contributed by atoms with Crippen LogP contribution in [0, 0.1) is 37.5 Å². The van der Waals surface area contributed by atoms with Gasteiger partial charge in [0.05, 0.1) is 24.8 Å². The second-order valence-electron chi connectivity index (χ2n) is 29.1. The van der Waals surface area contributed by atoms with Gasteiger partial charge in [0.15, 0.2) is 11.4 Å². The second kappa shape index (κ2) is 38.9. The van der Waals surface area contributed by atoms with Crippen LogP contribution in [-0.2, 0) is 25.9 Å². The molecule has 0 radical (unpaired) electrons. The lowest BCUT2D eigenvalue weighted by atomic mass is 9.85. The molecule has 4 saturated carbocycles. The molecule has 0 unspecified atom stereocenters. The van der Waals surface area contributed by atoms with Gasteiger partial charge in [-0.1, -0.05) is 23.9 Å². The smallest absolute Gasteiger partial charge is 0.356 e. The van der Waals surface area contributed by atoms with E-state index in [1.807, 2.05) is 54.6 Å². The Balaban J connectivity index is 0.000000170. The number of rotatable bonds is 20. The van der Waals surface area contributed by atoms with Gasteiger partial charge in [-0.05, 0) is 276 Å². The molecule has 4 atom stereocenters. The van der Waals surface area contributed by atoms with E-state index < -0.39 is 5.97 Å². The fraction of sp³-hybridized carbons (Fsp3) is 0.680. The highest BCUT2D eigenvalue weighted by atomic mass is 35.5. The van der Waals surface area contributed by atoms with Crippen LogP contribution >= 0.6 is 12.4 Å². The van der Waals surface area contributed by atoms with Gasteiger partial charge in [-0.2, -0.15) is 10.2 Å². The number of carbonyl (C=O) groups excluding carboxylic acids is 1. The van der Waals surface area contributed by atoms with Crippen LogP contribution in [0.4, 0.5) is 0 Å². The zero-order chi connectivity index (χ0) is 70.5. The van der Waals surface area contributed by atoms with Crippen molar-refractivity contribution in [2.24, 2.45) is 33.7 Å². The standard InChI is InChI=1S/C27H36N4O3.C22H27N3O3.C8H17N3.C8H19N.C5H4N4O.C5H11NO.ClH/c1-17-3-2-11-28-26(17)34-21-6-4-18(5-7-21)8-14-31-23-16-19-15-22(19)24(23)25(29-31)27(33)30-12-9-20(32)10-13-30;1-13-3-2-9-23-21(13)28-16-6-4-14(5-7-16)8-10-25-18-12-15-11-17(15)19(18)20(24-25)22(26)27;1-4-9-8-10-6-5-7-11(2)3;1-6-9(7(2)3)8(4)5;10-9-5-4(7-8-9)2-1-3-6-5;7-5-1-3-6-4-2-5;/h2-3,11,18-22,32H,4-10,12-16H2,1H3;2-3,9,14-17H,4-8,10-12H2,1H3,(H,26,27);4-7H2,1-3H3;7-8H,6H2,1-5H3;1-3,10H;5-7H,1-4H2;1H/t18?,19-,21?,22-;14?,15-,16?,17-;;;;;/m11...../s1. The third kappa shape index (κ3) is 22.5. The molecule has 550 valence electrons. The molecular formula is C75H115ClN16O8. The third-order valence-electron chi connectivity index (χ3n) is 20.8. The summed E-state index contributed by atoms with van der Waals surface area (Å²) in [6, 6.07) is 15.4. The van der Waals surface area contributed by atoms with Crippen molar-refractivity contribution in [1.82, 2.24) is 69.7 Å². The number of halogens is 1. The number of amides is 1. The number of aliphatic hydroxyl groups is 2. The zero-order valence-corrected chi connectivity index (χ0v) is 62.0. The minimum Gasteiger partial charge on any atom is -0.476 e. The summed E-state index contributed by atoms with van der Waals surface area (Å²) < 4.78 is 16.5. The van der Waals surface area contributed by atoms with E-state index in [2.05, 4.69) is 115 Å². The number of aliphatic imine (C=N–C) groups is 2. The number of hydrogen-bond donors (Lipinski definition) is 5. The first-order valence-electron chi connectivity index (χ1n) is 37.1. The first-order chi connectivity index (χ1) is 47.8. The predicted molar refractivity (Wildman–Crippen MR) is 391 cm³/mol. The highest BCUT2D eigenvalue weighted by Gasteiger charge is 2.51. The number of aliphatic hydroxyl groups excluding tert-OH is 2. The Morgan fingerprint density at radius 2 is 1.19 bits per heavy atom. The summed E-state index contributed by atoms with van der Waals surface area (Å²) in [5.74, 6) is 4.53. The molecule has 25 heteroatoms. The number of nitrogens with zero attached hydrogens (tertiary/aromatic N) is 15. The summed E-state index contributed by atoms with van der Waals surface area (Å²) in [4.78, 5) is 52.4. The molecular weight excluding hydrogens is 1290 g/mol. The van der Waals surface area contributed by atoms with E-state index in [9.17, 15) is 19.8 Å². The van der Waals surface area contributed by atoms with Crippen LogP contribution in [0.5, 0.6) is 11.8 Å². The van der Waals surface area contributed by atoms with Crippen molar-refractivity contribution in [2.75, 3.05) is 66.5 Å². The van der Waals surface area contributed by atoms with E-state index in [4.69, 9.17) is 24.9 Å². The van der Waals surface area contributed by atoms with Gasteiger partial charge in [-0.25, -0.2) is 29.7 Å². The number of aryl methyl sites for hydroxylation is 4. The molecule has 8 heterocycles. The average Bonchev–Trinajstić information content (AvgIpc) is 1.57. The molecule has 2 aliphatic heterocycles. The van der Waals surface area contributed by atoms with Gasteiger partial charge in [0.2, 0.25) is 17.4 Å². The molecule has 0 aromatic carbocycles. The molecule has 6 fully saturated rings. The Morgan fingerprint density at radius 3 is 1.64 bits per heavy atom. The Labute approximate surface area is 598 Å². The number of ether oxygens (including phenoxy) is 2. The number of carbonyl (C=O) groups is 2. The highest BCUT2D eigenvalue weighted by Crippen LogP contribution is 2.58. The Bertz CT molecular complexity index is 3530. The van der Waals surface area contributed by atoms with E-state index in [0.717, 1.165) is 177 Å². The third-order valence-corrected chi connectivity index (χ3v) is 20.8. The SMILES string of the molecule is CCN(C(C)C)C(C)C.CCN=C=NCCCN(C)C.Cc1cccnc1OC1CCC(CCn2nc(C(=O)N3CCC(O)CC3)c3c2C[C@H]2C[C@@H]32)CC1.Cc1cccnc1OC1CCC(CCn2nc(C(=O)O)c3c2C[C@H]2C[C@@H]32)CC1.Cl.OC1CCNCC1.On1nnc2cccnc21. The molecule has 6 aromatic rings. The number of likely N-dealkylation sites (tertiary alicyclic amines) is 1. The van der Waals surface area contributed by atoms with Gasteiger partial charge in [0.1, 0.15) is 17.7 Å². The van der Waals surface area contributed by atoms with Crippen LogP contribution in [-0.4, -0.2) is 206 Å². The first kappa shape index (κ1) is 78.8. The van der Waals surface area contributed by atoms with Gasteiger partial charge in [-0.15, -0.1) is 17.5 Å². The average molecular weight is 1400 g/mol. The van der Waals surface area contributed by atoms with Crippen molar-refractivity contribution in [1.29, 1.82) is 0 Å². The second-order valence-corrected chi connectivity index (χ2v) is 29.1. The summed E-state index contributed by atoms with van der Waals surface area (Å²) in [5, 5.41) is 56.6. The summed E-state index contributed by atoms with van der Waals surface area (Å²) in [6.07, 6.45) is 25.2. The number of carboxylic acids is 1. The quantitative estimate of drug-likeness (QED) is 0.0270. The monoisotopic (exact) mass is 1400 g/mol. The molecule has 100 heavy (non-hydrogen) atoms. The fourth-order valence-corrected chi connectivity index (χ4v) is 15.0. The molecule has 24 nitrogen and oxygen atoms in total. The minimum atomic E-state index is -0.870. The van der Waals surface area contributed by atoms with Crippen molar-refractivity contribution in [2.45, 2.75) is 239 Å². The number of aromatic carboxylic acids is 1. The zero-order valence-electron chi connectivity index (χ0n) is 61.2. The number of fused-ring (bicyclic) bond motifs is 7. The first-order valence-corrected chi connectivity index (χ1v) is 37.1. The lowest BCUT2D eigenvalue weighted by Gasteiger charge is -2.29. The van der Waals surface area contributed by atoms with E-state index in [-0.39, 0.29) is 42.7 Å². The molecule has 5 N–H and O–H groups in total. The van der Waals surface area contributed by atoms with Gasteiger partial charge < -0.3 is 45.1 Å². The van der Waals surface area contributed by atoms with Crippen molar-refractivity contribution < 1.29 is 39.6 Å². The van der Waals surface area contributed by atoms with Crippen LogP contribution in [0.2, 0.25) is 0 Å². The number of aromatic nitrogens is 10. The summed E-state index contributed by atoms with van der Waals surface area (Å²) in [6.45, 7) is 26.1. The molecule has 1 amide bonds. The van der Waals surface area contributed by atoms with Crippen LogP contribution in [0.15, 0.2) is 65.0 Å². The van der Waals surface area contributed by atoms with Gasteiger partial charge in [0.25, 0.3) is 5.91 Å². The van der Waals surface area contributed by atoms with E-state index >= 15 is 0 Å². The topological polar surface area (TPSA) is 285 Å². The van der Waals surface area contributed by atoms with E-state index in [1.54, 1.807) is 30.7 Å².